The van der Waals surface area contributed by atoms with Crippen molar-refractivity contribution in [3.05, 3.63) is 66.5 Å². The monoisotopic (exact) mass is 449 g/mol. The molecule has 10 heteroatoms. The maximum absolute atomic E-state index is 13.1. The minimum Gasteiger partial charge on any atom is -0.490 e. The first-order valence-corrected chi connectivity index (χ1v) is 11.1. The molecule has 0 fully saturated rings. The van der Waals surface area contributed by atoms with Gasteiger partial charge in [0.1, 0.15) is 19.0 Å². The molecule has 1 amide bonds. The Kier molecular flexibility index (Phi) is 8.56. The van der Waals surface area contributed by atoms with E-state index in [0.717, 1.165) is 22.7 Å². The van der Waals surface area contributed by atoms with Crippen molar-refractivity contribution in [2.45, 2.75) is 6.92 Å². The molecule has 8 nitrogen and oxygen atoms in total. The topological polar surface area (TPSA) is 97.3 Å². The number of nitrogens with one attached hydrogen (secondary N) is 1. The van der Waals surface area contributed by atoms with Crippen LogP contribution in [-0.4, -0.2) is 46.6 Å². The molecular weight excluding hydrogens is 425 g/mol. The molecule has 0 radical (unpaired) electrons. The Balaban J connectivity index is 2.07. The highest BCUT2D eigenvalue weighted by atomic mass is 32.2. The number of ether oxygens (including phenoxy) is 2. The van der Waals surface area contributed by atoms with E-state index in [0.29, 0.717) is 30.3 Å². The third-order valence-electron chi connectivity index (χ3n) is 3.83. The van der Waals surface area contributed by atoms with Crippen molar-refractivity contribution in [1.29, 1.82) is 0 Å². The number of benzene rings is 2. The Bertz CT molecular complexity index is 1040. The molecule has 0 bridgehead atoms. The van der Waals surface area contributed by atoms with Crippen LogP contribution in [0.3, 0.4) is 0 Å². The van der Waals surface area contributed by atoms with Gasteiger partial charge in [-0.3, -0.25) is 9.10 Å². The van der Waals surface area contributed by atoms with Crippen LogP contribution in [0.15, 0.2) is 60.2 Å². The van der Waals surface area contributed by atoms with E-state index in [2.05, 4.69) is 17.1 Å². The quantitative estimate of drug-likeness (QED) is 0.323. The Hall–Kier alpha value is -3.40. The van der Waals surface area contributed by atoms with Gasteiger partial charge >= 0.3 is 0 Å². The number of hydrogen-bond donors (Lipinski definition) is 1. The maximum Gasteiger partial charge on any atom is 0.260 e. The van der Waals surface area contributed by atoms with Gasteiger partial charge in [-0.05, 0) is 55.0 Å². The fourth-order valence-electron chi connectivity index (χ4n) is 2.49. The van der Waals surface area contributed by atoms with Crippen molar-refractivity contribution >= 4 is 27.8 Å². The van der Waals surface area contributed by atoms with Crippen LogP contribution < -0.4 is 19.2 Å². The fraction of sp³-hybridized carbons (Fsp3) is 0.238. The zero-order valence-electron chi connectivity index (χ0n) is 17.2. The first-order valence-electron chi connectivity index (χ1n) is 9.30. The Morgan fingerprint density at radius 3 is 2.52 bits per heavy atom. The number of carbonyl (C=O) groups is 1. The molecule has 31 heavy (non-hydrogen) atoms. The second kappa shape index (κ2) is 11.1. The zero-order chi connectivity index (χ0) is 22.9. The molecule has 0 heterocycles. The van der Waals surface area contributed by atoms with E-state index in [1.165, 1.54) is 18.3 Å². The van der Waals surface area contributed by atoms with Crippen LogP contribution in [0.1, 0.15) is 12.5 Å². The second-order valence-electron chi connectivity index (χ2n) is 6.28. The number of anilines is 1. The van der Waals surface area contributed by atoms with Gasteiger partial charge in [-0.15, -0.1) is 0 Å². The van der Waals surface area contributed by atoms with Crippen molar-refractivity contribution in [2.24, 2.45) is 5.10 Å². The number of hydrogen-bond acceptors (Lipinski definition) is 6. The molecule has 2 aromatic carbocycles. The summed E-state index contributed by atoms with van der Waals surface area (Å²) in [5.74, 6) is -0.120. The highest BCUT2D eigenvalue weighted by Gasteiger charge is 2.20. The minimum absolute atomic E-state index is 0.166. The van der Waals surface area contributed by atoms with E-state index in [4.69, 9.17) is 9.47 Å². The molecule has 0 saturated heterocycles. The van der Waals surface area contributed by atoms with Crippen LogP contribution in [0, 0.1) is 5.82 Å². The third-order valence-corrected chi connectivity index (χ3v) is 4.97. The average Bonchev–Trinajstić information content (AvgIpc) is 2.72. The molecule has 2 rings (SSSR count). The number of rotatable bonds is 11. The summed E-state index contributed by atoms with van der Waals surface area (Å²) in [5, 5.41) is 3.86. The minimum atomic E-state index is -3.77. The highest BCUT2D eigenvalue weighted by molar-refractivity contribution is 7.92. The molecule has 0 aromatic heterocycles. The van der Waals surface area contributed by atoms with E-state index in [1.54, 1.807) is 24.3 Å². The zero-order valence-corrected chi connectivity index (χ0v) is 18.1. The first-order chi connectivity index (χ1) is 14.7. The molecule has 0 aliphatic rings. The number of sulfonamides is 1. The van der Waals surface area contributed by atoms with Gasteiger partial charge in [0.25, 0.3) is 5.91 Å². The van der Waals surface area contributed by atoms with E-state index < -0.39 is 28.3 Å². The summed E-state index contributed by atoms with van der Waals surface area (Å²) in [6.45, 7) is 5.69. The first kappa shape index (κ1) is 23.9. The Morgan fingerprint density at radius 2 is 1.90 bits per heavy atom. The van der Waals surface area contributed by atoms with Crippen molar-refractivity contribution in [1.82, 2.24) is 5.43 Å². The number of halogens is 1. The van der Waals surface area contributed by atoms with Crippen molar-refractivity contribution in [3.63, 3.8) is 0 Å². The standard InChI is InChI=1S/C21H24FN3O5S/c1-4-12-30-19-11-6-16(13-20(19)29-5-2)14-23-24-21(26)15-25(31(3,27)28)18-9-7-17(22)8-10-18/h4,6-11,13-14H,1,5,12,15H2,2-3H3,(H,24,26)/b23-14-. The summed E-state index contributed by atoms with van der Waals surface area (Å²) < 4.78 is 49.1. The van der Waals surface area contributed by atoms with Crippen molar-refractivity contribution < 1.29 is 27.1 Å². The van der Waals surface area contributed by atoms with Gasteiger partial charge in [0.2, 0.25) is 10.0 Å². The lowest BCUT2D eigenvalue weighted by Crippen LogP contribution is -2.39. The van der Waals surface area contributed by atoms with Gasteiger partial charge in [-0.25, -0.2) is 18.2 Å². The van der Waals surface area contributed by atoms with E-state index >= 15 is 0 Å². The number of nitrogens with zero attached hydrogens (tertiary/aromatic N) is 2. The normalized spacial score (nSPS) is 11.2. The van der Waals surface area contributed by atoms with E-state index in [-0.39, 0.29) is 5.69 Å². The molecule has 1 N–H and O–H groups in total. The SMILES string of the molecule is C=CCOc1ccc(/C=N\NC(=O)CN(c2ccc(F)cc2)S(C)(=O)=O)cc1OCC. The Labute approximate surface area is 181 Å². The van der Waals surface area contributed by atoms with Gasteiger partial charge in [0, 0.05) is 0 Å². The summed E-state index contributed by atoms with van der Waals surface area (Å²) in [7, 11) is -3.77. The van der Waals surface area contributed by atoms with Gasteiger partial charge in [-0.2, -0.15) is 5.10 Å². The number of amides is 1. The van der Waals surface area contributed by atoms with Gasteiger partial charge in [0.05, 0.1) is 24.8 Å². The van der Waals surface area contributed by atoms with Crippen LogP contribution in [0.25, 0.3) is 0 Å². The summed E-state index contributed by atoms with van der Waals surface area (Å²) in [4.78, 5) is 12.2. The molecule has 0 unspecified atom stereocenters. The predicted octanol–water partition coefficient (Wildman–Crippen LogP) is 2.71. The number of hydrazone groups is 1. The smallest absolute Gasteiger partial charge is 0.260 e. The van der Waals surface area contributed by atoms with Crippen LogP contribution >= 0.6 is 0 Å². The third kappa shape index (κ3) is 7.41. The summed E-state index contributed by atoms with van der Waals surface area (Å²) in [6.07, 6.45) is 3.96. The van der Waals surface area contributed by atoms with Crippen LogP contribution in [0.4, 0.5) is 10.1 Å². The van der Waals surface area contributed by atoms with Crippen molar-refractivity contribution in [3.8, 4) is 11.5 Å². The van der Waals surface area contributed by atoms with Crippen molar-refractivity contribution in [2.75, 3.05) is 30.3 Å². The molecule has 0 aliphatic carbocycles. The second-order valence-corrected chi connectivity index (χ2v) is 8.18. The van der Waals surface area contributed by atoms with E-state index in [1.807, 2.05) is 6.92 Å². The lowest BCUT2D eigenvalue weighted by atomic mass is 10.2. The summed E-state index contributed by atoms with van der Waals surface area (Å²) in [5.41, 5.74) is 3.08. The number of carbonyl (C=O) groups excluding carboxylic acids is 1. The van der Waals surface area contributed by atoms with Crippen LogP contribution in [0.5, 0.6) is 11.5 Å². The average molecular weight is 450 g/mol. The molecule has 0 spiro atoms. The predicted molar refractivity (Wildman–Crippen MR) is 118 cm³/mol. The van der Waals surface area contributed by atoms with Gasteiger partial charge in [0.15, 0.2) is 11.5 Å². The largest absolute Gasteiger partial charge is 0.490 e. The van der Waals surface area contributed by atoms with Gasteiger partial charge < -0.3 is 9.47 Å². The molecule has 0 saturated carbocycles. The van der Waals surface area contributed by atoms with E-state index in [9.17, 15) is 17.6 Å². The lowest BCUT2D eigenvalue weighted by molar-refractivity contribution is -0.119. The molecule has 2 aromatic rings. The molecular formula is C21H24FN3O5S. The fourth-order valence-corrected chi connectivity index (χ4v) is 3.35. The maximum atomic E-state index is 13.1. The highest BCUT2D eigenvalue weighted by Crippen LogP contribution is 2.28. The van der Waals surface area contributed by atoms with Gasteiger partial charge in [-0.1, -0.05) is 12.7 Å². The van der Waals surface area contributed by atoms with Crippen LogP contribution in [0.2, 0.25) is 0 Å². The summed E-state index contributed by atoms with van der Waals surface area (Å²) in [6, 6.07) is 9.90. The molecule has 166 valence electrons. The Morgan fingerprint density at radius 1 is 1.19 bits per heavy atom. The molecule has 0 aliphatic heterocycles. The summed E-state index contributed by atoms with van der Waals surface area (Å²) >= 11 is 0. The van der Waals surface area contributed by atoms with Crippen LogP contribution in [-0.2, 0) is 14.8 Å². The molecule has 0 atom stereocenters. The lowest BCUT2D eigenvalue weighted by Gasteiger charge is -2.21.